The van der Waals surface area contributed by atoms with Crippen LogP contribution in [0.4, 0.5) is 0 Å². The molecule has 0 bridgehead atoms. The molecule has 0 aliphatic heterocycles. The van der Waals surface area contributed by atoms with Crippen molar-refractivity contribution in [2.45, 2.75) is 24.6 Å². The van der Waals surface area contributed by atoms with Crippen molar-refractivity contribution in [1.29, 1.82) is 0 Å². The summed E-state index contributed by atoms with van der Waals surface area (Å²) >= 11 is 3.73. The van der Waals surface area contributed by atoms with Crippen LogP contribution in [0.5, 0.6) is 0 Å². The van der Waals surface area contributed by atoms with Crippen molar-refractivity contribution in [2.75, 3.05) is 0 Å². The molecule has 3 aromatic carbocycles. The van der Waals surface area contributed by atoms with E-state index in [-0.39, 0.29) is 0 Å². The highest BCUT2D eigenvalue weighted by atomic mass is 79.9. The maximum absolute atomic E-state index is 6.18. The molecule has 35 heavy (non-hydrogen) atoms. The van der Waals surface area contributed by atoms with Gasteiger partial charge in [-0.25, -0.2) is 0 Å². The Kier molecular flexibility index (Phi) is 5.58. The monoisotopic (exact) mass is 519 g/mol. The second-order valence-corrected chi connectivity index (χ2v) is 10.1. The minimum absolute atomic E-state index is 0.395. The van der Waals surface area contributed by atoms with Gasteiger partial charge in [-0.2, -0.15) is 0 Å². The van der Waals surface area contributed by atoms with E-state index >= 15 is 0 Å². The lowest BCUT2D eigenvalue weighted by atomic mass is 9.99. The highest BCUT2D eigenvalue weighted by Crippen LogP contribution is 2.38. The fraction of sp³-hybridized carbons (Fsp3) is 0.125. The van der Waals surface area contributed by atoms with Gasteiger partial charge in [0.05, 0.1) is 11.0 Å². The van der Waals surface area contributed by atoms with Crippen LogP contribution in [-0.4, -0.2) is 9.39 Å². The summed E-state index contributed by atoms with van der Waals surface area (Å²) < 4.78 is 8.51. The molecular weight excluding hydrogens is 494 g/mol. The number of halogens is 1. The number of allylic oxidation sites excluding steroid dienone is 6. The third-order valence-electron chi connectivity index (χ3n) is 6.91. The molecule has 1 atom stereocenters. The minimum atomic E-state index is 0.395. The molecule has 0 saturated heterocycles. The molecule has 2 aromatic heterocycles. The number of aryl methyl sites for hydroxylation is 1. The van der Waals surface area contributed by atoms with E-state index in [0.717, 1.165) is 29.9 Å². The molecule has 0 N–H and O–H groups in total. The van der Waals surface area contributed by atoms with Crippen LogP contribution >= 0.6 is 15.9 Å². The number of nitrogens with zero attached hydrogens (tertiary/aromatic N) is 1. The summed E-state index contributed by atoms with van der Waals surface area (Å²) in [5.74, 6) is 0.990. The van der Waals surface area contributed by atoms with Crippen LogP contribution in [0, 0.1) is 0 Å². The Hall–Kier alpha value is -3.56. The van der Waals surface area contributed by atoms with Crippen LogP contribution in [-0.2, 0) is 6.42 Å². The van der Waals surface area contributed by atoms with E-state index in [4.69, 9.17) is 4.42 Å². The standard InChI is InChI=1S/C32H26BrNO/c1-3-5-8-24(4-2)34-29-10-7-6-9-25(29)27-19-21(11-16-30(27)34)22-12-17-32-28(20-22)26-15-13-23(33)14-18-31(26)35-32/h3-12,14,16-20,23H,1,13,15H2,2H3/b8-5-,24-4+. The third kappa shape index (κ3) is 3.71. The number of alkyl halides is 1. The van der Waals surface area contributed by atoms with Gasteiger partial charge in [0.15, 0.2) is 0 Å². The fourth-order valence-corrected chi connectivity index (χ4v) is 5.59. The van der Waals surface area contributed by atoms with E-state index in [1.165, 1.54) is 43.9 Å². The Balaban J connectivity index is 1.53. The summed E-state index contributed by atoms with van der Waals surface area (Å²) in [6.45, 7) is 5.91. The quantitative estimate of drug-likeness (QED) is 0.170. The van der Waals surface area contributed by atoms with E-state index in [1.54, 1.807) is 0 Å². The minimum Gasteiger partial charge on any atom is -0.456 e. The molecule has 0 amide bonds. The van der Waals surface area contributed by atoms with E-state index in [0.29, 0.717) is 4.83 Å². The molecule has 0 radical (unpaired) electrons. The average Bonchev–Trinajstić information content (AvgIpc) is 3.34. The molecule has 0 saturated carbocycles. The number of fused-ring (bicyclic) bond motifs is 6. The maximum Gasteiger partial charge on any atom is 0.135 e. The van der Waals surface area contributed by atoms with Gasteiger partial charge in [-0.05, 0) is 73.4 Å². The number of hydrogen-bond donors (Lipinski definition) is 0. The first-order valence-corrected chi connectivity index (χ1v) is 13.0. The Morgan fingerprint density at radius 1 is 1.00 bits per heavy atom. The van der Waals surface area contributed by atoms with Crippen molar-refractivity contribution in [2.24, 2.45) is 0 Å². The van der Waals surface area contributed by atoms with Crippen LogP contribution in [0.2, 0.25) is 0 Å². The molecule has 3 heteroatoms. The number of para-hydroxylation sites is 1. The van der Waals surface area contributed by atoms with Gasteiger partial charge in [0.25, 0.3) is 0 Å². The maximum atomic E-state index is 6.18. The molecule has 5 aromatic rings. The molecule has 1 aliphatic carbocycles. The van der Waals surface area contributed by atoms with Gasteiger partial charge in [0, 0.05) is 32.2 Å². The predicted octanol–water partition coefficient (Wildman–Crippen LogP) is 9.53. The van der Waals surface area contributed by atoms with E-state index in [9.17, 15) is 0 Å². The van der Waals surface area contributed by atoms with Crippen molar-refractivity contribution in [1.82, 2.24) is 4.57 Å². The van der Waals surface area contributed by atoms with Crippen LogP contribution in [0.3, 0.4) is 0 Å². The first-order chi connectivity index (χ1) is 17.2. The molecular formula is C32H26BrNO. The average molecular weight is 520 g/mol. The highest BCUT2D eigenvalue weighted by molar-refractivity contribution is 9.09. The van der Waals surface area contributed by atoms with Crippen LogP contribution in [0.15, 0.2) is 102 Å². The number of rotatable bonds is 4. The summed E-state index contributed by atoms with van der Waals surface area (Å²) in [6.07, 6.45) is 14.4. The Bertz CT molecular complexity index is 1690. The smallest absolute Gasteiger partial charge is 0.135 e. The summed E-state index contributed by atoms with van der Waals surface area (Å²) in [7, 11) is 0. The van der Waals surface area contributed by atoms with Gasteiger partial charge >= 0.3 is 0 Å². The van der Waals surface area contributed by atoms with E-state index in [1.807, 2.05) is 12.2 Å². The predicted molar refractivity (Wildman–Crippen MR) is 154 cm³/mol. The number of benzene rings is 3. The summed E-state index contributed by atoms with van der Waals surface area (Å²) in [6, 6.07) is 22.0. The van der Waals surface area contributed by atoms with Crippen molar-refractivity contribution >= 4 is 60.5 Å². The first kappa shape index (κ1) is 21.9. The van der Waals surface area contributed by atoms with Crippen LogP contribution in [0.25, 0.3) is 55.7 Å². The van der Waals surface area contributed by atoms with Crippen molar-refractivity contribution in [3.05, 3.63) is 109 Å². The zero-order valence-corrected chi connectivity index (χ0v) is 21.3. The molecule has 0 spiro atoms. The van der Waals surface area contributed by atoms with Gasteiger partial charge < -0.3 is 8.98 Å². The second-order valence-electron chi connectivity index (χ2n) is 8.96. The zero-order valence-electron chi connectivity index (χ0n) is 19.7. The lowest BCUT2D eigenvalue weighted by Gasteiger charge is -2.09. The zero-order chi connectivity index (χ0) is 23.9. The van der Waals surface area contributed by atoms with Crippen molar-refractivity contribution in [3.63, 3.8) is 0 Å². The second kappa shape index (κ2) is 8.90. The Labute approximate surface area is 213 Å². The number of furan rings is 1. The third-order valence-corrected chi connectivity index (χ3v) is 7.67. The highest BCUT2D eigenvalue weighted by Gasteiger charge is 2.18. The molecule has 6 rings (SSSR count). The lowest BCUT2D eigenvalue weighted by Crippen LogP contribution is -1.94. The van der Waals surface area contributed by atoms with Gasteiger partial charge in [0.1, 0.15) is 11.3 Å². The summed E-state index contributed by atoms with van der Waals surface area (Å²) in [5.41, 5.74) is 8.22. The van der Waals surface area contributed by atoms with E-state index in [2.05, 4.69) is 119 Å². The summed E-state index contributed by atoms with van der Waals surface area (Å²) in [5, 5.41) is 3.72. The largest absolute Gasteiger partial charge is 0.456 e. The molecule has 0 fully saturated rings. The molecule has 2 nitrogen and oxygen atoms in total. The Morgan fingerprint density at radius 3 is 2.60 bits per heavy atom. The van der Waals surface area contributed by atoms with Crippen molar-refractivity contribution in [3.8, 4) is 11.1 Å². The van der Waals surface area contributed by atoms with Gasteiger partial charge in [-0.1, -0.05) is 77.1 Å². The lowest BCUT2D eigenvalue weighted by molar-refractivity contribution is 0.599. The Morgan fingerprint density at radius 2 is 1.77 bits per heavy atom. The SMILES string of the molecule is C=C/C=C\C(=C/C)n1c2ccccc2c2cc(-c3ccc4oc5c(c4c3)CCC(Br)C=C5)ccc21. The summed E-state index contributed by atoms with van der Waals surface area (Å²) in [4.78, 5) is 0.395. The topological polar surface area (TPSA) is 18.1 Å². The fourth-order valence-electron chi connectivity index (χ4n) is 5.21. The van der Waals surface area contributed by atoms with Crippen molar-refractivity contribution < 1.29 is 4.42 Å². The normalized spacial score (nSPS) is 16.4. The van der Waals surface area contributed by atoms with Crippen LogP contribution < -0.4 is 0 Å². The molecule has 2 heterocycles. The van der Waals surface area contributed by atoms with Gasteiger partial charge in [0.2, 0.25) is 0 Å². The number of hydrogen-bond acceptors (Lipinski definition) is 1. The first-order valence-electron chi connectivity index (χ1n) is 12.0. The molecule has 172 valence electrons. The number of aromatic nitrogens is 1. The molecule has 1 unspecified atom stereocenters. The van der Waals surface area contributed by atoms with E-state index < -0.39 is 0 Å². The molecule has 1 aliphatic rings. The van der Waals surface area contributed by atoms with Crippen LogP contribution in [0.1, 0.15) is 24.7 Å². The van der Waals surface area contributed by atoms with Gasteiger partial charge in [-0.15, -0.1) is 0 Å². The van der Waals surface area contributed by atoms with Gasteiger partial charge in [-0.3, -0.25) is 0 Å².